The number of benzene rings is 3. The standard InChI is InChI=1S/C9H10.2C6H6O.C6H10O/c1-2-5-9-7-3-6-8(9)4-1;2*7-6-4-2-1-3-5-6;1-3-5-7-6-4-2/h1-2,4-5H,3,6-7H2;2*1-5,7H;3-4H,1-2,5-6H2. The van der Waals surface area contributed by atoms with Crippen molar-refractivity contribution in [1.82, 2.24) is 0 Å². The lowest BCUT2D eigenvalue weighted by molar-refractivity contribution is 0.194. The van der Waals surface area contributed by atoms with Crippen molar-refractivity contribution in [3.05, 3.63) is 121 Å². The van der Waals surface area contributed by atoms with Gasteiger partial charge >= 0.3 is 0 Å². The molecule has 2 N–H and O–H groups in total. The van der Waals surface area contributed by atoms with Crippen LogP contribution < -0.4 is 0 Å². The number of aryl methyl sites for hydroxylation is 2. The molecule has 30 heavy (non-hydrogen) atoms. The van der Waals surface area contributed by atoms with Crippen LogP contribution in [0.2, 0.25) is 0 Å². The van der Waals surface area contributed by atoms with Crippen molar-refractivity contribution in [1.29, 1.82) is 0 Å². The molecule has 0 amide bonds. The first-order valence-corrected chi connectivity index (χ1v) is 10.0. The van der Waals surface area contributed by atoms with Crippen molar-refractivity contribution in [2.24, 2.45) is 0 Å². The number of phenols is 2. The van der Waals surface area contributed by atoms with Crippen LogP contribution in [-0.2, 0) is 17.6 Å². The fourth-order valence-electron chi connectivity index (χ4n) is 2.61. The van der Waals surface area contributed by atoms with Crippen molar-refractivity contribution in [3.63, 3.8) is 0 Å². The molecule has 3 heteroatoms. The fraction of sp³-hybridized carbons (Fsp3) is 0.185. The van der Waals surface area contributed by atoms with E-state index in [4.69, 9.17) is 14.9 Å². The summed E-state index contributed by atoms with van der Waals surface area (Å²) in [7, 11) is 0. The Morgan fingerprint density at radius 1 is 0.633 bits per heavy atom. The van der Waals surface area contributed by atoms with Gasteiger partial charge in [0.25, 0.3) is 0 Å². The Labute approximate surface area is 180 Å². The SMILES string of the molecule is C=CCOCC=C.Oc1ccccc1.Oc1ccccc1.c1ccc2c(c1)CCC2. The van der Waals surface area contributed by atoms with E-state index in [0.29, 0.717) is 24.7 Å². The predicted molar refractivity (Wildman–Crippen MR) is 126 cm³/mol. The van der Waals surface area contributed by atoms with Crippen LogP contribution in [-0.4, -0.2) is 23.4 Å². The van der Waals surface area contributed by atoms with Crippen molar-refractivity contribution < 1.29 is 14.9 Å². The summed E-state index contributed by atoms with van der Waals surface area (Å²) < 4.78 is 4.90. The van der Waals surface area contributed by atoms with Crippen LogP contribution in [0.5, 0.6) is 11.5 Å². The second-order valence-corrected chi connectivity index (χ2v) is 6.41. The molecule has 1 aliphatic rings. The molecule has 0 fully saturated rings. The first-order chi connectivity index (χ1) is 14.7. The van der Waals surface area contributed by atoms with Gasteiger partial charge in [0.15, 0.2) is 0 Å². The average molecular weight is 405 g/mol. The van der Waals surface area contributed by atoms with Crippen LogP contribution in [0.3, 0.4) is 0 Å². The summed E-state index contributed by atoms with van der Waals surface area (Å²) in [5, 5.41) is 17.3. The Morgan fingerprint density at radius 3 is 1.30 bits per heavy atom. The highest BCUT2D eigenvalue weighted by Crippen LogP contribution is 2.20. The molecule has 3 aromatic rings. The average Bonchev–Trinajstić information content (AvgIpc) is 3.26. The molecule has 4 rings (SSSR count). The number of hydrogen-bond donors (Lipinski definition) is 2. The number of para-hydroxylation sites is 2. The minimum absolute atomic E-state index is 0.322. The van der Waals surface area contributed by atoms with Gasteiger partial charge < -0.3 is 14.9 Å². The Bertz CT molecular complexity index is 745. The minimum Gasteiger partial charge on any atom is -0.508 e. The molecule has 158 valence electrons. The maximum atomic E-state index is 8.63. The minimum atomic E-state index is 0.322. The summed E-state index contributed by atoms with van der Waals surface area (Å²) in [6.07, 6.45) is 7.39. The van der Waals surface area contributed by atoms with Crippen molar-refractivity contribution in [2.45, 2.75) is 19.3 Å². The highest BCUT2D eigenvalue weighted by molar-refractivity contribution is 5.30. The molecular weight excluding hydrogens is 372 g/mol. The third kappa shape index (κ3) is 12.2. The lowest BCUT2D eigenvalue weighted by Crippen LogP contribution is -1.87. The van der Waals surface area contributed by atoms with E-state index >= 15 is 0 Å². The van der Waals surface area contributed by atoms with Gasteiger partial charge in [-0.25, -0.2) is 0 Å². The Kier molecular flexibility index (Phi) is 13.7. The quantitative estimate of drug-likeness (QED) is 0.394. The van der Waals surface area contributed by atoms with Gasteiger partial charge in [0.2, 0.25) is 0 Å². The first-order valence-electron chi connectivity index (χ1n) is 10.0. The predicted octanol–water partition coefficient (Wildman–Crippen LogP) is 6.33. The Hall–Kier alpha value is -3.30. The third-order valence-electron chi connectivity index (χ3n) is 3.99. The van der Waals surface area contributed by atoms with E-state index in [0.717, 1.165) is 0 Å². The molecular formula is C27H32O3. The Morgan fingerprint density at radius 2 is 1.00 bits per heavy atom. The fourth-order valence-corrected chi connectivity index (χ4v) is 2.61. The molecule has 3 aromatic carbocycles. The molecule has 0 bridgehead atoms. The van der Waals surface area contributed by atoms with Crippen LogP contribution >= 0.6 is 0 Å². The summed E-state index contributed by atoms with van der Waals surface area (Å²) in [5.74, 6) is 0.644. The van der Waals surface area contributed by atoms with Crippen LogP contribution in [0, 0.1) is 0 Å². The van der Waals surface area contributed by atoms with Gasteiger partial charge in [-0.05, 0) is 54.7 Å². The molecule has 0 unspecified atom stereocenters. The van der Waals surface area contributed by atoms with Gasteiger partial charge in [0.1, 0.15) is 11.5 Å². The zero-order valence-corrected chi connectivity index (χ0v) is 17.5. The van der Waals surface area contributed by atoms with E-state index < -0.39 is 0 Å². The highest BCUT2D eigenvalue weighted by Gasteiger charge is 2.07. The van der Waals surface area contributed by atoms with Crippen LogP contribution in [0.25, 0.3) is 0 Å². The largest absolute Gasteiger partial charge is 0.508 e. The normalized spacial score (nSPS) is 10.5. The molecule has 0 radical (unpaired) electrons. The molecule has 0 atom stereocenters. The van der Waals surface area contributed by atoms with Gasteiger partial charge in [-0.2, -0.15) is 0 Å². The smallest absolute Gasteiger partial charge is 0.115 e. The number of rotatable bonds is 4. The molecule has 0 aliphatic heterocycles. The number of aromatic hydroxyl groups is 2. The van der Waals surface area contributed by atoms with Crippen LogP contribution in [0.4, 0.5) is 0 Å². The lowest BCUT2D eigenvalue weighted by atomic mass is 10.1. The van der Waals surface area contributed by atoms with Crippen molar-refractivity contribution in [2.75, 3.05) is 13.2 Å². The maximum absolute atomic E-state index is 8.63. The summed E-state index contributed by atoms with van der Waals surface area (Å²) in [6.45, 7) is 8.18. The molecule has 0 spiro atoms. The van der Waals surface area contributed by atoms with Gasteiger partial charge in [0, 0.05) is 0 Å². The first kappa shape index (κ1) is 24.7. The molecule has 0 aromatic heterocycles. The summed E-state index contributed by atoms with van der Waals surface area (Å²) in [5.41, 5.74) is 3.13. The van der Waals surface area contributed by atoms with E-state index in [1.54, 1.807) is 71.8 Å². The van der Waals surface area contributed by atoms with Crippen LogP contribution in [0.15, 0.2) is 110 Å². The summed E-state index contributed by atoms with van der Waals surface area (Å²) in [6, 6.07) is 26.2. The molecule has 3 nitrogen and oxygen atoms in total. The zero-order chi connectivity index (χ0) is 21.9. The van der Waals surface area contributed by atoms with E-state index in [9.17, 15) is 0 Å². The number of hydrogen-bond acceptors (Lipinski definition) is 3. The maximum Gasteiger partial charge on any atom is 0.115 e. The van der Waals surface area contributed by atoms with E-state index in [1.165, 1.54) is 19.3 Å². The topological polar surface area (TPSA) is 49.7 Å². The molecule has 0 saturated heterocycles. The number of phenolic OH excluding ortho intramolecular Hbond substituents is 2. The van der Waals surface area contributed by atoms with Gasteiger partial charge in [-0.15, -0.1) is 13.2 Å². The van der Waals surface area contributed by atoms with E-state index in [-0.39, 0.29) is 0 Å². The van der Waals surface area contributed by atoms with Crippen LogP contribution in [0.1, 0.15) is 17.5 Å². The highest BCUT2D eigenvalue weighted by atomic mass is 16.5. The second-order valence-electron chi connectivity index (χ2n) is 6.41. The summed E-state index contributed by atoms with van der Waals surface area (Å²) >= 11 is 0. The monoisotopic (exact) mass is 404 g/mol. The lowest BCUT2D eigenvalue weighted by Gasteiger charge is -1.93. The van der Waals surface area contributed by atoms with E-state index in [2.05, 4.69) is 37.4 Å². The zero-order valence-electron chi connectivity index (χ0n) is 17.5. The number of fused-ring (bicyclic) bond motifs is 1. The molecule has 1 aliphatic carbocycles. The molecule has 0 heterocycles. The summed E-state index contributed by atoms with van der Waals surface area (Å²) in [4.78, 5) is 0. The van der Waals surface area contributed by atoms with Crippen molar-refractivity contribution in [3.8, 4) is 11.5 Å². The van der Waals surface area contributed by atoms with Gasteiger partial charge in [-0.1, -0.05) is 72.8 Å². The second kappa shape index (κ2) is 16.6. The molecule has 0 saturated carbocycles. The van der Waals surface area contributed by atoms with Gasteiger partial charge in [-0.3, -0.25) is 0 Å². The van der Waals surface area contributed by atoms with E-state index in [1.807, 2.05) is 12.1 Å². The van der Waals surface area contributed by atoms with Crippen molar-refractivity contribution >= 4 is 0 Å². The van der Waals surface area contributed by atoms with Gasteiger partial charge in [0.05, 0.1) is 13.2 Å². The Balaban J connectivity index is 0.000000202. The number of ether oxygens (including phenoxy) is 1. The third-order valence-corrected chi connectivity index (χ3v) is 3.99.